The summed E-state index contributed by atoms with van der Waals surface area (Å²) in [6.45, 7) is -5.47. The molecule has 1 rings (SSSR count). The molecule has 1 aromatic rings. The Morgan fingerprint density at radius 2 is 1.93 bits per heavy atom. The summed E-state index contributed by atoms with van der Waals surface area (Å²) in [5, 5.41) is 0. The third-order valence-electron chi connectivity index (χ3n) is 1.79. The highest BCUT2D eigenvalue weighted by Gasteiger charge is 2.31. The van der Waals surface area contributed by atoms with Crippen LogP contribution in [0.25, 0.3) is 0 Å². The maximum absolute atomic E-state index is 13.2. The van der Waals surface area contributed by atoms with Crippen molar-refractivity contribution in [2.75, 3.05) is 7.11 Å². The Bertz CT molecular complexity index is 389. The van der Waals surface area contributed by atoms with Gasteiger partial charge in [-0.05, 0) is 6.07 Å². The van der Waals surface area contributed by atoms with E-state index in [9.17, 15) is 22.1 Å². The zero-order valence-corrected chi connectivity index (χ0v) is 7.64. The first-order valence-corrected chi connectivity index (χ1v) is 3.94. The van der Waals surface area contributed by atoms with Gasteiger partial charge in [0.1, 0.15) is 5.82 Å². The van der Waals surface area contributed by atoms with Gasteiger partial charge in [-0.1, -0.05) is 17.6 Å². The molecular formula is C8H6BF4O2-. The SMILES string of the molecule is COC(=O)c1cccc([B-](F)(F)F)c1F. The maximum Gasteiger partial charge on any atom is 0.512 e. The molecule has 0 aliphatic carbocycles. The Morgan fingerprint density at radius 1 is 1.33 bits per heavy atom. The summed E-state index contributed by atoms with van der Waals surface area (Å²) < 4.78 is 54.1. The van der Waals surface area contributed by atoms with E-state index in [2.05, 4.69) is 4.74 Å². The van der Waals surface area contributed by atoms with E-state index in [4.69, 9.17) is 0 Å². The molecule has 0 saturated carbocycles. The molecule has 0 unspecified atom stereocenters. The standard InChI is InChI=1S/C8H6BF4O2/c1-15-8(14)5-3-2-4-6(7(5)10)9(11,12)13/h2-4H,1H3/q-1. The van der Waals surface area contributed by atoms with Crippen LogP contribution in [0.15, 0.2) is 18.2 Å². The molecule has 0 spiro atoms. The summed E-state index contributed by atoms with van der Waals surface area (Å²) in [4.78, 5) is 10.9. The fraction of sp³-hybridized carbons (Fsp3) is 0.125. The van der Waals surface area contributed by atoms with Gasteiger partial charge in [-0.3, -0.25) is 0 Å². The summed E-state index contributed by atoms with van der Waals surface area (Å²) in [7, 11) is 0.965. The highest BCUT2D eigenvalue weighted by atomic mass is 19.4. The van der Waals surface area contributed by atoms with Crippen molar-refractivity contribution in [3.8, 4) is 0 Å². The molecule has 15 heavy (non-hydrogen) atoms. The zero-order valence-electron chi connectivity index (χ0n) is 7.64. The lowest BCUT2D eigenvalue weighted by atomic mass is 9.79. The number of hydrogen-bond acceptors (Lipinski definition) is 2. The quantitative estimate of drug-likeness (QED) is 0.431. The van der Waals surface area contributed by atoms with E-state index in [1.165, 1.54) is 0 Å². The van der Waals surface area contributed by atoms with Gasteiger partial charge in [-0.2, -0.15) is 0 Å². The van der Waals surface area contributed by atoms with Gasteiger partial charge in [0.05, 0.1) is 12.7 Å². The van der Waals surface area contributed by atoms with Crippen molar-refractivity contribution >= 4 is 18.4 Å². The molecule has 0 atom stereocenters. The van der Waals surface area contributed by atoms with Crippen molar-refractivity contribution in [3.05, 3.63) is 29.6 Å². The van der Waals surface area contributed by atoms with Gasteiger partial charge in [-0.15, -0.1) is 0 Å². The number of esters is 1. The lowest BCUT2D eigenvalue weighted by molar-refractivity contribution is 0.0596. The number of rotatable bonds is 2. The largest absolute Gasteiger partial charge is 0.512 e. The van der Waals surface area contributed by atoms with Crippen LogP contribution in [0.4, 0.5) is 17.3 Å². The highest BCUT2D eigenvalue weighted by Crippen LogP contribution is 2.14. The van der Waals surface area contributed by atoms with Crippen molar-refractivity contribution in [2.24, 2.45) is 0 Å². The molecule has 0 radical (unpaired) electrons. The Labute approximate surface area is 82.9 Å². The molecule has 7 heteroatoms. The van der Waals surface area contributed by atoms with Crippen LogP contribution in [0.1, 0.15) is 10.4 Å². The van der Waals surface area contributed by atoms with E-state index in [1.807, 2.05) is 0 Å². The molecule has 1 aromatic carbocycles. The fourth-order valence-electron chi connectivity index (χ4n) is 1.07. The lowest BCUT2D eigenvalue weighted by Crippen LogP contribution is -2.37. The average Bonchev–Trinajstić information content (AvgIpc) is 2.15. The van der Waals surface area contributed by atoms with Crippen LogP contribution in [0.5, 0.6) is 0 Å². The number of ether oxygens (including phenoxy) is 1. The summed E-state index contributed by atoms with van der Waals surface area (Å²) in [5.41, 5.74) is -2.13. The summed E-state index contributed by atoms with van der Waals surface area (Å²) >= 11 is 0. The zero-order chi connectivity index (χ0) is 11.6. The number of benzene rings is 1. The monoisotopic (exact) mass is 221 g/mol. The minimum absolute atomic E-state index is 0.585. The molecule has 0 fully saturated rings. The first kappa shape index (κ1) is 11.5. The van der Waals surface area contributed by atoms with Crippen LogP contribution < -0.4 is 5.46 Å². The topological polar surface area (TPSA) is 26.3 Å². The van der Waals surface area contributed by atoms with E-state index in [-0.39, 0.29) is 0 Å². The minimum Gasteiger partial charge on any atom is -0.465 e. The predicted octanol–water partition coefficient (Wildman–Crippen LogP) is 1.67. The van der Waals surface area contributed by atoms with Crippen LogP contribution in [0, 0.1) is 5.82 Å². The van der Waals surface area contributed by atoms with Gasteiger partial charge in [0.15, 0.2) is 0 Å². The van der Waals surface area contributed by atoms with E-state index >= 15 is 0 Å². The number of methoxy groups -OCH3 is 1. The minimum atomic E-state index is -5.47. The van der Waals surface area contributed by atoms with Crippen LogP contribution in [-0.4, -0.2) is 20.1 Å². The van der Waals surface area contributed by atoms with Crippen molar-refractivity contribution in [1.82, 2.24) is 0 Å². The second-order valence-corrected chi connectivity index (χ2v) is 2.78. The Balaban J connectivity index is 3.30. The molecule has 0 aliphatic rings. The van der Waals surface area contributed by atoms with Crippen molar-refractivity contribution in [2.45, 2.75) is 0 Å². The smallest absolute Gasteiger partial charge is 0.465 e. The summed E-state index contributed by atoms with van der Waals surface area (Å²) in [6, 6.07) is 2.48. The summed E-state index contributed by atoms with van der Waals surface area (Å²) in [6.07, 6.45) is 0. The van der Waals surface area contributed by atoms with Gasteiger partial charge in [0, 0.05) is 0 Å². The lowest BCUT2D eigenvalue weighted by Gasteiger charge is -2.16. The number of carbonyl (C=O) groups excluding carboxylic acids is 1. The normalized spacial score (nSPS) is 11.3. The van der Waals surface area contributed by atoms with E-state index in [1.54, 1.807) is 0 Å². The Morgan fingerprint density at radius 3 is 2.40 bits per heavy atom. The van der Waals surface area contributed by atoms with Gasteiger partial charge < -0.3 is 17.7 Å². The first-order chi connectivity index (χ1) is 6.88. The predicted molar refractivity (Wildman–Crippen MR) is 46.5 cm³/mol. The molecule has 0 heterocycles. The molecular weight excluding hydrogens is 215 g/mol. The van der Waals surface area contributed by atoms with Gasteiger partial charge in [0.25, 0.3) is 0 Å². The molecule has 0 amide bonds. The fourth-order valence-corrected chi connectivity index (χ4v) is 1.07. The molecule has 0 saturated heterocycles. The van der Waals surface area contributed by atoms with E-state index < -0.39 is 29.8 Å². The van der Waals surface area contributed by atoms with Crippen LogP contribution in [0.3, 0.4) is 0 Å². The number of carbonyl (C=O) groups is 1. The average molecular weight is 221 g/mol. The molecule has 82 valence electrons. The first-order valence-electron chi connectivity index (χ1n) is 3.94. The van der Waals surface area contributed by atoms with Gasteiger partial charge in [0.2, 0.25) is 0 Å². The third kappa shape index (κ3) is 2.29. The Hall–Kier alpha value is -1.53. The molecule has 0 aliphatic heterocycles. The summed E-state index contributed by atoms with van der Waals surface area (Å²) in [5.74, 6) is -2.72. The molecule has 0 aromatic heterocycles. The Kier molecular flexibility index (Phi) is 3.02. The maximum atomic E-state index is 13.2. The second kappa shape index (κ2) is 3.92. The second-order valence-electron chi connectivity index (χ2n) is 2.78. The van der Waals surface area contributed by atoms with Crippen molar-refractivity contribution in [1.29, 1.82) is 0 Å². The van der Waals surface area contributed by atoms with Crippen molar-refractivity contribution < 1.29 is 26.9 Å². The molecule has 0 bridgehead atoms. The van der Waals surface area contributed by atoms with Gasteiger partial charge in [-0.25, -0.2) is 9.18 Å². The van der Waals surface area contributed by atoms with E-state index in [0.29, 0.717) is 6.07 Å². The third-order valence-corrected chi connectivity index (χ3v) is 1.79. The number of halogens is 4. The van der Waals surface area contributed by atoms with Crippen LogP contribution in [0.2, 0.25) is 0 Å². The van der Waals surface area contributed by atoms with Crippen LogP contribution >= 0.6 is 0 Å². The molecule has 0 N–H and O–H groups in total. The number of hydrogen-bond donors (Lipinski definition) is 0. The van der Waals surface area contributed by atoms with Crippen LogP contribution in [-0.2, 0) is 4.74 Å². The molecule has 2 nitrogen and oxygen atoms in total. The highest BCUT2D eigenvalue weighted by molar-refractivity contribution is 6.73. The van der Waals surface area contributed by atoms with E-state index in [0.717, 1.165) is 19.2 Å². The van der Waals surface area contributed by atoms with Crippen molar-refractivity contribution in [3.63, 3.8) is 0 Å². The van der Waals surface area contributed by atoms with Gasteiger partial charge >= 0.3 is 12.9 Å².